The van der Waals surface area contributed by atoms with E-state index in [9.17, 15) is 0 Å². The third kappa shape index (κ3) is 2.25. The normalized spacial score (nSPS) is 9.57. The Morgan fingerprint density at radius 3 is 2.57 bits per heavy atom. The minimum absolute atomic E-state index is 0.0550. The van der Waals surface area contributed by atoms with Crippen molar-refractivity contribution in [1.29, 1.82) is 10.8 Å². The van der Waals surface area contributed by atoms with Gasteiger partial charge in [0.15, 0.2) is 5.96 Å². The number of nitrogens with two attached hydrogens (primary N) is 1. The maximum Gasteiger partial charge on any atom is 0.203 e. The first-order valence-electron chi connectivity index (χ1n) is 4.09. The summed E-state index contributed by atoms with van der Waals surface area (Å²) in [7, 11) is 1.71. The second-order valence-corrected chi connectivity index (χ2v) is 2.97. The van der Waals surface area contributed by atoms with Crippen molar-refractivity contribution >= 4 is 17.7 Å². The molecule has 0 aliphatic heterocycles. The third-order valence-electron chi connectivity index (χ3n) is 1.77. The smallest absolute Gasteiger partial charge is 0.203 e. The third-order valence-corrected chi connectivity index (χ3v) is 1.77. The predicted octanol–water partition coefficient (Wildman–Crippen LogP) is 0.177. The van der Waals surface area contributed by atoms with Crippen molar-refractivity contribution in [2.75, 3.05) is 11.9 Å². The van der Waals surface area contributed by atoms with Crippen LogP contribution in [0.4, 0.5) is 5.82 Å². The summed E-state index contributed by atoms with van der Waals surface area (Å²) in [5.74, 6) is 0.589. The fraction of sp³-hybridized carbons (Fsp3) is 0.250. The van der Waals surface area contributed by atoms with E-state index in [1.807, 2.05) is 19.1 Å². The van der Waals surface area contributed by atoms with E-state index in [1.165, 1.54) is 0 Å². The van der Waals surface area contributed by atoms with Gasteiger partial charge in [-0.2, -0.15) is 0 Å². The van der Waals surface area contributed by atoms with Crippen LogP contribution >= 0.6 is 0 Å². The molecular formula is C8H14N6. The van der Waals surface area contributed by atoms with Gasteiger partial charge in [-0.15, -0.1) is 0 Å². The molecule has 0 aliphatic carbocycles. The minimum atomic E-state index is -0.245. The van der Waals surface area contributed by atoms with Crippen LogP contribution in [0.5, 0.6) is 0 Å². The van der Waals surface area contributed by atoms with Gasteiger partial charge >= 0.3 is 0 Å². The van der Waals surface area contributed by atoms with Crippen LogP contribution in [0, 0.1) is 17.7 Å². The molecule has 0 aromatic carbocycles. The first kappa shape index (κ1) is 10.1. The molecule has 1 heterocycles. The first-order valence-corrected chi connectivity index (χ1v) is 4.09. The van der Waals surface area contributed by atoms with Crippen LogP contribution in [0.1, 0.15) is 5.69 Å². The maximum atomic E-state index is 7.55. The van der Waals surface area contributed by atoms with E-state index in [4.69, 9.17) is 16.6 Å². The van der Waals surface area contributed by atoms with Gasteiger partial charge in [-0.25, -0.2) is 0 Å². The van der Waals surface area contributed by atoms with Gasteiger partial charge in [0.05, 0.1) is 0 Å². The van der Waals surface area contributed by atoms with Crippen molar-refractivity contribution in [3.63, 3.8) is 0 Å². The molecule has 0 saturated heterocycles. The summed E-state index contributed by atoms with van der Waals surface area (Å²) in [5.41, 5.74) is 6.13. The second kappa shape index (κ2) is 3.82. The summed E-state index contributed by atoms with van der Waals surface area (Å²) in [6.07, 6.45) is 0. The molecule has 0 atom stereocenters. The van der Waals surface area contributed by atoms with Crippen LogP contribution in [0.15, 0.2) is 12.1 Å². The van der Waals surface area contributed by atoms with E-state index in [0.29, 0.717) is 0 Å². The fourth-order valence-electron chi connectivity index (χ4n) is 1.02. The Morgan fingerprint density at radius 1 is 1.50 bits per heavy atom. The zero-order valence-electron chi connectivity index (χ0n) is 8.18. The molecule has 0 radical (unpaired) electrons. The zero-order chi connectivity index (χ0) is 10.7. The Morgan fingerprint density at radius 2 is 2.14 bits per heavy atom. The lowest BCUT2D eigenvalue weighted by Gasteiger charge is -2.18. The van der Waals surface area contributed by atoms with Gasteiger partial charge < -0.3 is 15.6 Å². The van der Waals surface area contributed by atoms with E-state index < -0.39 is 0 Å². The molecule has 1 rings (SSSR count). The number of H-pyrrole nitrogens is 1. The lowest BCUT2D eigenvalue weighted by atomic mass is 10.5. The monoisotopic (exact) mass is 194 g/mol. The van der Waals surface area contributed by atoms with Crippen molar-refractivity contribution < 1.29 is 0 Å². The summed E-state index contributed by atoms with van der Waals surface area (Å²) < 4.78 is 0. The van der Waals surface area contributed by atoms with E-state index >= 15 is 0 Å². The number of aromatic nitrogens is 1. The van der Waals surface area contributed by atoms with Gasteiger partial charge in [0.2, 0.25) is 5.96 Å². The number of anilines is 1. The zero-order valence-corrected chi connectivity index (χ0v) is 8.18. The molecule has 0 unspecified atom stereocenters. The molecule has 14 heavy (non-hydrogen) atoms. The number of nitrogens with zero attached hydrogens (tertiary/aromatic N) is 1. The molecular weight excluding hydrogens is 180 g/mol. The van der Waals surface area contributed by atoms with Crippen LogP contribution < -0.4 is 16.0 Å². The molecule has 76 valence electrons. The highest BCUT2D eigenvalue weighted by atomic mass is 15.3. The van der Waals surface area contributed by atoms with Gasteiger partial charge in [-0.1, -0.05) is 0 Å². The van der Waals surface area contributed by atoms with Crippen molar-refractivity contribution in [1.82, 2.24) is 10.3 Å². The Bertz CT molecular complexity index is 352. The summed E-state index contributed by atoms with van der Waals surface area (Å²) in [6.45, 7) is 1.93. The van der Waals surface area contributed by atoms with Gasteiger partial charge in [0.1, 0.15) is 5.82 Å². The van der Waals surface area contributed by atoms with Crippen molar-refractivity contribution in [3.8, 4) is 0 Å². The number of aromatic amines is 1. The Kier molecular flexibility index (Phi) is 2.76. The highest BCUT2D eigenvalue weighted by Crippen LogP contribution is 2.10. The number of nitrogens with one attached hydrogen (secondary N) is 4. The number of guanidine groups is 2. The Balaban J connectivity index is 2.70. The Labute approximate surface area is 82.1 Å². The molecule has 0 saturated carbocycles. The Hall–Kier alpha value is -1.98. The van der Waals surface area contributed by atoms with E-state index in [-0.39, 0.29) is 11.9 Å². The molecule has 6 N–H and O–H groups in total. The summed E-state index contributed by atoms with van der Waals surface area (Å²) >= 11 is 0. The molecule has 0 spiro atoms. The number of hydrogen-bond donors (Lipinski definition) is 5. The maximum absolute atomic E-state index is 7.55. The van der Waals surface area contributed by atoms with Crippen LogP contribution in [0.25, 0.3) is 0 Å². The summed E-state index contributed by atoms with van der Waals surface area (Å²) in [6, 6.07) is 3.76. The molecule has 1 aromatic rings. The van der Waals surface area contributed by atoms with E-state index in [2.05, 4.69) is 10.3 Å². The van der Waals surface area contributed by atoms with Crippen molar-refractivity contribution in [3.05, 3.63) is 17.8 Å². The standard InChI is InChI=1S/C8H14N6/c1-5-3-4-6(12-5)14(2)8(11)13-7(9)10/h3-4,12H,1-2H3,(H5,9,10,11,13). The van der Waals surface area contributed by atoms with Crippen LogP contribution in [-0.2, 0) is 0 Å². The molecule has 0 bridgehead atoms. The number of rotatable bonds is 1. The second-order valence-electron chi connectivity index (χ2n) is 2.97. The van der Waals surface area contributed by atoms with Gasteiger partial charge in [-0.3, -0.25) is 16.1 Å². The lowest BCUT2D eigenvalue weighted by molar-refractivity contribution is 1.08. The first-order chi connectivity index (χ1) is 6.50. The predicted molar refractivity (Wildman–Crippen MR) is 56.7 cm³/mol. The molecule has 6 heteroatoms. The number of aryl methyl sites for hydroxylation is 1. The van der Waals surface area contributed by atoms with Crippen molar-refractivity contribution in [2.24, 2.45) is 5.73 Å². The van der Waals surface area contributed by atoms with Gasteiger partial charge in [-0.05, 0) is 19.1 Å². The summed E-state index contributed by atoms with van der Waals surface area (Å²) in [4.78, 5) is 4.63. The minimum Gasteiger partial charge on any atom is -0.370 e. The van der Waals surface area contributed by atoms with Gasteiger partial charge in [0, 0.05) is 12.7 Å². The summed E-state index contributed by atoms with van der Waals surface area (Å²) in [5, 5.41) is 16.9. The fourth-order valence-corrected chi connectivity index (χ4v) is 1.02. The van der Waals surface area contributed by atoms with Crippen LogP contribution in [-0.4, -0.2) is 24.0 Å². The SMILES string of the molecule is Cc1ccc(N(C)C(=N)NC(=N)N)[nH]1. The topological polar surface area (TPSA) is 105 Å². The largest absolute Gasteiger partial charge is 0.370 e. The quantitative estimate of drug-likeness (QED) is 0.325. The molecule has 0 aliphatic rings. The molecule has 0 fully saturated rings. The molecule has 6 nitrogen and oxygen atoms in total. The van der Waals surface area contributed by atoms with Crippen molar-refractivity contribution in [2.45, 2.75) is 6.92 Å². The average Bonchev–Trinajstić information content (AvgIpc) is 2.49. The van der Waals surface area contributed by atoms with E-state index in [1.54, 1.807) is 11.9 Å². The number of hydrogen-bond acceptors (Lipinski definition) is 2. The van der Waals surface area contributed by atoms with E-state index in [0.717, 1.165) is 11.5 Å². The highest BCUT2D eigenvalue weighted by Gasteiger charge is 2.08. The molecule has 1 aromatic heterocycles. The van der Waals surface area contributed by atoms with Gasteiger partial charge in [0.25, 0.3) is 0 Å². The van der Waals surface area contributed by atoms with Crippen LogP contribution in [0.2, 0.25) is 0 Å². The average molecular weight is 194 g/mol. The van der Waals surface area contributed by atoms with Crippen LogP contribution in [0.3, 0.4) is 0 Å². The highest BCUT2D eigenvalue weighted by molar-refractivity contribution is 6.02. The lowest BCUT2D eigenvalue weighted by Crippen LogP contribution is -2.44. The molecule has 0 amide bonds.